The maximum atomic E-state index is 12.2. The highest BCUT2D eigenvalue weighted by Crippen LogP contribution is 2.30. The number of benzene rings is 1. The topological polar surface area (TPSA) is 87.7 Å². The minimum Gasteiger partial charge on any atom is -0.302 e. The molecule has 1 aromatic carbocycles. The molecule has 0 saturated carbocycles. The van der Waals surface area contributed by atoms with E-state index in [0.717, 1.165) is 5.56 Å². The Labute approximate surface area is 169 Å². The van der Waals surface area contributed by atoms with E-state index in [1.54, 1.807) is 13.0 Å². The lowest BCUT2D eigenvalue weighted by Gasteiger charge is -2.06. The van der Waals surface area contributed by atoms with Crippen molar-refractivity contribution in [3.63, 3.8) is 0 Å². The van der Waals surface area contributed by atoms with Gasteiger partial charge in [0, 0.05) is 33.6 Å². The van der Waals surface area contributed by atoms with E-state index in [9.17, 15) is 9.59 Å². The summed E-state index contributed by atoms with van der Waals surface area (Å²) in [5.74, 6) is -0.206. The molecular formula is C18H17ClN4O2S2. The lowest BCUT2D eigenvalue weighted by molar-refractivity contribution is -0.116. The summed E-state index contributed by atoms with van der Waals surface area (Å²) in [6.07, 6.45) is 2.33. The average Bonchev–Trinajstić information content (AvgIpc) is 3.09. The number of aryl methyl sites for hydroxylation is 1. The van der Waals surface area contributed by atoms with Crippen LogP contribution in [0.1, 0.15) is 17.7 Å². The highest BCUT2D eigenvalue weighted by molar-refractivity contribution is 7.98. The Balaban J connectivity index is 1.64. The van der Waals surface area contributed by atoms with Crippen LogP contribution < -0.4 is 10.9 Å². The fraction of sp³-hybridized carbons (Fsp3) is 0.222. The first kappa shape index (κ1) is 19.6. The summed E-state index contributed by atoms with van der Waals surface area (Å²) < 4.78 is 0. The zero-order valence-electron chi connectivity index (χ0n) is 14.7. The van der Waals surface area contributed by atoms with Crippen LogP contribution in [-0.2, 0) is 11.2 Å². The van der Waals surface area contributed by atoms with Crippen LogP contribution in [0.4, 0.5) is 5.13 Å². The Kier molecular flexibility index (Phi) is 6.30. The van der Waals surface area contributed by atoms with Gasteiger partial charge in [0.25, 0.3) is 5.56 Å². The van der Waals surface area contributed by atoms with Gasteiger partial charge < -0.3 is 10.3 Å². The first-order chi connectivity index (χ1) is 13.0. The number of amides is 1. The van der Waals surface area contributed by atoms with Gasteiger partial charge in [0.1, 0.15) is 0 Å². The van der Waals surface area contributed by atoms with Crippen LogP contribution in [0.25, 0.3) is 11.3 Å². The van der Waals surface area contributed by atoms with Crippen molar-refractivity contribution in [2.24, 2.45) is 0 Å². The molecule has 2 N–H and O–H groups in total. The van der Waals surface area contributed by atoms with Crippen LogP contribution in [0.3, 0.4) is 0 Å². The normalized spacial score (nSPS) is 10.8. The van der Waals surface area contributed by atoms with E-state index in [4.69, 9.17) is 11.6 Å². The molecule has 9 heteroatoms. The van der Waals surface area contributed by atoms with E-state index in [-0.39, 0.29) is 17.9 Å². The molecule has 3 aromatic rings. The Hall–Kier alpha value is -2.16. The van der Waals surface area contributed by atoms with Gasteiger partial charge in [0.2, 0.25) is 5.91 Å². The second-order valence-corrected chi connectivity index (χ2v) is 7.77. The van der Waals surface area contributed by atoms with Crippen molar-refractivity contribution in [3.8, 4) is 11.3 Å². The second kappa shape index (κ2) is 8.69. The molecule has 0 aliphatic carbocycles. The number of H-pyrrole nitrogens is 1. The van der Waals surface area contributed by atoms with E-state index in [0.29, 0.717) is 38.7 Å². The number of rotatable bonds is 6. The number of thiazole rings is 1. The molecule has 0 aliphatic heterocycles. The summed E-state index contributed by atoms with van der Waals surface area (Å²) >= 11 is 8.88. The molecule has 6 nitrogen and oxygen atoms in total. The maximum absolute atomic E-state index is 12.2. The quantitative estimate of drug-likeness (QED) is 0.462. The standard InChI is InChI=1S/C18H17ClN4O2S2/c1-10-11(16(25)23-17(20-10)26-2)7-8-15(24)22-18-21-14(9-27-18)12-5-3-4-6-13(12)19/h3-6,9H,7-8H2,1-2H3,(H,20,23,25)(H,21,22,24). The molecule has 0 aliphatic rings. The second-order valence-electron chi connectivity index (χ2n) is 5.71. The molecule has 0 unspecified atom stereocenters. The third-order valence-corrected chi connectivity index (χ3v) is 5.56. The number of thioether (sulfide) groups is 1. The van der Waals surface area contributed by atoms with Crippen LogP contribution in [0.2, 0.25) is 5.02 Å². The minimum absolute atomic E-state index is 0.172. The van der Waals surface area contributed by atoms with Crippen molar-refractivity contribution in [1.82, 2.24) is 15.0 Å². The summed E-state index contributed by atoms with van der Waals surface area (Å²) in [4.78, 5) is 35.8. The van der Waals surface area contributed by atoms with Gasteiger partial charge in [-0.2, -0.15) is 0 Å². The molecule has 0 saturated heterocycles. The number of aromatic amines is 1. The number of halogens is 1. The van der Waals surface area contributed by atoms with Crippen molar-refractivity contribution in [1.29, 1.82) is 0 Å². The molecule has 0 radical (unpaired) electrons. The fourth-order valence-electron chi connectivity index (χ4n) is 2.52. The molecule has 0 bridgehead atoms. The lowest BCUT2D eigenvalue weighted by Crippen LogP contribution is -2.20. The number of anilines is 1. The predicted octanol–water partition coefficient (Wildman–Crippen LogP) is 4.15. The van der Waals surface area contributed by atoms with Crippen LogP contribution in [-0.4, -0.2) is 27.1 Å². The van der Waals surface area contributed by atoms with Gasteiger partial charge in [0.05, 0.1) is 5.69 Å². The summed E-state index contributed by atoms with van der Waals surface area (Å²) in [6.45, 7) is 1.78. The van der Waals surface area contributed by atoms with Gasteiger partial charge in [-0.3, -0.25) is 9.59 Å². The van der Waals surface area contributed by atoms with Gasteiger partial charge in [-0.1, -0.05) is 41.6 Å². The SMILES string of the molecule is CSc1nc(C)c(CCC(=O)Nc2nc(-c3ccccc3Cl)cs2)c(=O)[nH]1. The Morgan fingerprint density at radius 2 is 2.11 bits per heavy atom. The van der Waals surface area contributed by atoms with Crippen LogP contribution >= 0.6 is 34.7 Å². The molecule has 0 spiro atoms. The van der Waals surface area contributed by atoms with Crippen LogP contribution in [0, 0.1) is 6.92 Å². The fourth-order valence-corrected chi connectivity index (χ4v) is 3.90. The number of aromatic nitrogens is 3. The van der Waals surface area contributed by atoms with E-state index in [1.165, 1.54) is 23.1 Å². The van der Waals surface area contributed by atoms with Gasteiger partial charge >= 0.3 is 0 Å². The molecule has 0 fully saturated rings. The first-order valence-corrected chi connectivity index (χ1v) is 10.6. The summed E-state index contributed by atoms with van der Waals surface area (Å²) in [6, 6.07) is 7.41. The molecule has 1 amide bonds. The summed E-state index contributed by atoms with van der Waals surface area (Å²) in [5, 5.41) is 6.29. The number of nitrogens with one attached hydrogen (secondary N) is 2. The van der Waals surface area contributed by atoms with Crippen molar-refractivity contribution in [2.45, 2.75) is 24.9 Å². The number of nitrogens with zero attached hydrogens (tertiary/aromatic N) is 2. The predicted molar refractivity (Wildman–Crippen MR) is 111 cm³/mol. The largest absolute Gasteiger partial charge is 0.302 e. The lowest BCUT2D eigenvalue weighted by atomic mass is 10.1. The van der Waals surface area contributed by atoms with Gasteiger partial charge in [-0.15, -0.1) is 11.3 Å². The van der Waals surface area contributed by atoms with Gasteiger partial charge in [-0.05, 0) is 25.7 Å². The number of carbonyl (C=O) groups is 1. The van der Waals surface area contributed by atoms with E-state index >= 15 is 0 Å². The van der Waals surface area contributed by atoms with Crippen molar-refractivity contribution in [3.05, 3.63) is 56.3 Å². The number of carbonyl (C=O) groups excluding carboxylic acids is 1. The highest BCUT2D eigenvalue weighted by atomic mass is 35.5. The minimum atomic E-state index is -0.206. The van der Waals surface area contributed by atoms with E-state index in [2.05, 4.69) is 20.3 Å². The number of hydrogen-bond acceptors (Lipinski definition) is 6. The third kappa shape index (κ3) is 4.77. The average molecular weight is 421 g/mol. The zero-order valence-corrected chi connectivity index (χ0v) is 17.1. The molecule has 27 heavy (non-hydrogen) atoms. The van der Waals surface area contributed by atoms with Gasteiger partial charge in [0.15, 0.2) is 10.3 Å². The monoisotopic (exact) mass is 420 g/mol. The van der Waals surface area contributed by atoms with E-state index < -0.39 is 0 Å². The zero-order chi connectivity index (χ0) is 19.4. The Bertz CT molecular complexity index is 1030. The van der Waals surface area contributed by atoms with E-state index in [1.807, 2.05) is 29.8 Å². The Morgan fingerprint density at radius 3 is 2.81 bits per heavy atom. The molecule has 2 aromatic heterocycles. The molecule has 2 heterocycles. The first-order valence-electron chi connectivity index (χ1n) is 8.12. The van der Waals surface area contributed by atoms with Crippen molar-refractivity contribution < 1.29 is 4.79 Å². The summed E-state index contributed by atoms with van der Waals surface area (Å²) in [7, 11) is 0. The summed E-state index contributed by atoms with van der Waals surface area (Å²) in [5.41, 5.74) is 2.50. The van der Waals surface area contributed by atoms with Crippen molar-refractivity contribution >= 4 is 45.7 Å². The smallest absolute Gasteiger partial charge is 0.254 e. The molecule has 3 rings (SSSR count). The molecular weight excluding hydrogens is 404 g/mol. The number of hydrogen-bond donors (Lipinski definition) is 2. The molecule has 140 valence electrons. The maximum Gasteiger partial charge on any atom is 0.254 e. The van der Waals surface area contributed by atoms with Crippen LogP contribution in [0.15, 0.2) is 39.6 Å². The third-order valence-electron chi connectivity index (χ3n) is 3.90. The Morgan fingerprint density at radius 1 is 1.33 bits per heavy atom. The highest BCUT2D eigenvalue weighted by Gasteiger charge is 2.13. The molecule has 0 atom stereocenters. The van der Waals surface area contributed by atoms with Crippen molar-refractivity contribution in [2.75, 3.05) is 11.6 Å². The van der Waals surface area contributed by atoms with Crippen LogP contribution in [0.5, 0.6) is 0 Å². The van der Waals surface area contributed by atoms with Gasteiger partial charge in [-0.25, -0.2) is 9.97 Å².